The van der Waals surface area contributed by atoms with E-state index in [4.69, 9.17) is 4.74 Å². The quantitative estimate of drug-likeness (QED) is 0.416. The Labute approximate surface area is 198 Å². The van der Waals surface area contributed by atoms with Crippen LogP contribution in [0.25, 0.3) is 5.76 Å². The highest BCUT2D eigenvalue weighted by atomic mass is 16.5. The minimum atomic E-state index is -1.70. The molecule has 0 radical (unpaired) electrons. The molecule has 2 aromatic rings. The maximum atomic E-state index is 14.1. The van der Waals surface area contributed by atoms with Crippen molar-refractivity contribution < 1.29 is 24.2 Å². The standard InChI is InChI=1S/C26H27N3O5/c1-2-28-20-11-7-6-10-19(20)26(25(28)33)21(22(30)18-8-4-3-5-9-18)23(31)24(32)29(26)13-12-27-14-16-34-17-15-27/h3-11,30H,2,12-17H2,1H3/t26-/m0/s1. The number of carbonyl (C=O) groups excluding carboxylic acids is 3. The molecule has 8 heteroatoms. The predicted octanol–water partition coefficient (Wildman–Crippen LogP) is 1.96. The molecule has 5 rings (SSSR count). The van der Waals surface area contributed by atoms with Crippen LogP contribution in [0.4, 0.5) is 5.69 Å². The van der Waals surface area contributed by atoms with Crippen LogP contribution >= 0.6 is 0 Å². The molecule has 1 N–H and O–H groups in total. The number of aliphatic hydroxyl groups is 1. The lowest BCUT2D eigenvalue weighted by molar-refractivity contribution is -0.144. The number of aliphatic hydroxyl groups excluding tert-OH is 1. The zero-order valence-electron chi connectivity index (χ0n) is 19.1. The van der Waals surface area contributed by atoms with Gasteiger partial charge in [-0.1, -0.05) is 48.5 Å². The first-order chi connectivity index (χ1) is 16.5. The van der Waals surface area contributed by atoms with E-state index in [1.807, 2.05) is 19.1 Å². The fraction of sp³-hybridized carbons (Fsp3) is 0.346. The van der Waals surface area contributed by atoms with E-state index in [1.54, 1.807) is 47.4 Å². The first kappa shape index (κ1) is 22.3. The maximum Gasteiger partial charge on any atom is 0.296 e. The monoisotopic (exact) mass is 461 g/mol. The Morgan fingerprint density at radius 1 is 0.971 bits per heavy atom. The zero-order valence-corrected chi connectivity index (χ0v) is 19.1. The van der Waals surface area contributed by atoms with E-state index in [2.05, 4.69) is 4.90 Å². The third-order valence-corrected chi connectivity index (χ3v) is 6.92. The predicted molar refractivity (Wildman–Crippen MR) is 126 cm³/mol. The highest BCUT2D eigenvalue weighted by molar-refractivity contribution is 6.50. The highest BCUT2D eigenvalue weighted by Crippen LogP contribution is 2.53. The summed E-state index contributed by atoms with van der Waals surface area (Å²) >= 11 is 0. The first-order valence-corrected chi connectivity index (χ1v) is 11.6. The molecule has 1 atom stereocenters. The number of benzene rings is 2. The van der Waals surface area contributed by atoms with Gasteiger partial charge in [0.15, 0.2) is 5.54 Å². The van der Waals surface area contributed by atoms with Gasteiger partial charge in [0.25, 0.3) is 17.6 Å². The Kier molecular flexibility index (Phi) is 5.71. The number of nitrogens with zero attached hydrogens (tertiary/aromatic N) is 3. The third-order valence-electron chi connectivity index (χ3n) is 6.92. The van der Waals surface area contributed by atoms with E-state index in [0.717, 1.165) is 0 Å². The van der Waals surface area contributed by atoms with Crippen molar-refractivity contribution in [3.05, 3.63) is 71.3 Å². The molecule has 176 valence electrons. The summed E-state index contributed by atoms with van der Waals surface area (Å²) in [7, 11) is 0. The molecule has 2 aromatic carbocycles. The molecule has 3 aliphatic rings. The van der Waals surface area contributed by atoms with Crippen LogP contribution in [0.15, 0.2) is 60.2 Å². The van der Waals surface area contributed by atoms with E-state index < -0.39 is 23.1 Å². The van der Waals surface area contributed by atoms with Gasteiger partial charge in [-0.15, -0.1) is 0 Å². The van der Waals surface area contributed by atoms with Crippen LogP contribution in [0.5, 0.6) is 0 Å². The first-order valence-electron chi connectivity index (χ1n) is 11.6. The van der Waals surface area contributed by atoms with Crippen LogP contribution in [-0.4, -0.2) is 78.4 Å². The topological polar surface area (TPSA) is 90.4 Å². The number of hydrogen-bond donors (Lipinski definition) is 1. The minimum absolute atomic E-state index is 0.168. The van der Waals surface area contributed by atoms with Gasteiger partial charge in [-0.05, 0) is 13.0 Å². The molecule has 34 heavy (non-hydrogen) atoms. The second kappa shape index (κ2) is 8.70. The number of ketones is 1. The summed E-state index contributed by atoms with van der Waals surface area (Å²) in [6.07, 6.45) is 0. The summed E-state index contributed by atoms with van der Waals surface area (Å²) in [4.78, 5) is 46.2. The van der Waals surface area contributed by atoms with Crippen molar-refractivity contribution >= 4 is 29.0 Å². The second-order valence-corrected chi connectivity index (χ2v) is 8.61. The van der Waals surface area contributed by atoms with Crippen molar-refractivity contribution in [2.24, 2.45) is 0 Å². The van der Waals surface area contributed by atoms with Gasteiger partial charge < -0.3 is 19.6 Å². The Bertz CT molecular complexity index is 1170. The van der Waals surface area contributed by atoms with Crippen LogP contribution in [-0.2, 0) is 24.7 Å². The smallest absolute Gasteiger partial charge is 0.296 e. The fourth-order valence-corrected chi connectivity index (χ4v) is 5.29. The molecule has 1 spiro atoms. The number of fused-ring (bicyclic) bond motifs is 2. The number of ether oxygens (including phenoxy) is 1. The molecule has 0 aromatic heterocycles. The molecule has 8 nitrogen and oxygen atoms in total. The number of amides is 2. The summed E-state index contributed by atoms with van der Waals surface area (Å²) in [6.45, 7) is 5.52. The van der Waals surface area contributed by atoms with Crippen LogP contribution in [0.3, 0.4) is 0 Å². The number of morpholine rings is 1. The molecular weight excluding hydrogens is 434 g/mol. The van der Waals surface area contributed by atoms with Crippen molar-refractivity contribution in [1.29, 1.82) is 0 Å². The number of hydrogen-bond acceptors (Lipinski definition) is 6. The zero-order chi connectivity index (χ0) is 23.9. The van der Waals surface area contributed by atoms with Gasteiger partial charge in [-0.2, -0.15) is 0 Å². The van der Waals surface area contributed by atoms with Crippen molar-refractivity contribution in [3.8, 4) is 0 Å². The molecule has 2 fully saturated rings. The molecule has 2 amide bonds. The molecule has 3 aliphatic heterocycles. The number of likely N-dealkylation sites (N-methyl/N-ethyl adjacent to an activating group) is 1. The third kappa shape index (κ3) is 3.17. The van der Waals surface area contributed by atoms with E-state index in [1.165, 1.54) is 4.90 Å². The molecule has 0 bridgehead atoms. The van der Waals surface area contributed by atoms with Gasteiger partial charge in [0.1, 0.15) is 5.76 Å². The van der Waals surface area contributed by atoms with Gasteiger partial charge in [-0.3, -0.25) is 19.3 Å². The Morgan fingerprint density at radius 2 is 1.65 bits per heavy atom. The largest absolute Gasteiger partial charge is 0.507 e. The summed E-state index contributed by atoms with van der Waals surface area (Å²) in [6, 6.07) is 15.8. The Hall–Kier alpha value is -3.49. The SMILES string of the molecule is CCN1C(=O)[C@@]2(C(=C(O)c3ccccc3)C(=O)C(=O)N2CCN2CCOCC2)c2ccccc21. The van der Waals surface area contributed by atoms with E-state index in [-0.39, 0.29) is 17.9 Å². The normalized spacial score (nSPS) is 24.3. The van der Waals surface area contributed by atoms with Gasteiger partial charge in [0, 0.05) is 43.9 Å². The van der Waals surface area contributed by atoms with E-state index >= 15 is 0 Å². The highest BCUT2D eigenvalue weighted by Gasteiger charge is 2.66. The van der Waals surface area contributed by atoms with Gasteiger partial charge in [0.05, 0.1) is 24.5 Å². The fourth-order valence-electron chi connectivity index (χ4n) is 5.29. The van der Waals surface area contributed by atoms with Crippen molar-refractivity contribution in [1.82, 2.24) is 9.80 Å². The van der Waals surface area contributed by atoms with Gasteiger partial charge in [0.2, 0.25) is 0 Å². The second-order valence-electron chi connectivity index (χ2n) is 8.61. The molecule has 3 heterocycles. The van der Waals surface area contributed by atoms with Crippen LogP contribution in [0, 0.1) is 0 Å². The summed E-state index contributed by atoms with van der Waals surface area (Å²) in [5.74, 6) is -2.35. The number of likely N-dealkylation sites (tertiary alicyclic amines) is 1. The summed E-state index contributed by atoms with van der Waals surface area (Å²) < 4.78 is 5.42. The summed E-state index contributed by atoms with van der Waals surface area (Å²) in [5, 5.41) is 11.4. The van der Waals surface area contributed by atoms with Gasteiger partial charge >= 0.3 is 0 Å². The number of Topliss-reactive ketones (excluding diaryl/α,β-unsaturated/α-hetero) is 1. The van der Waals surface area contributed by atoms with Gasteiger partial charge in [-0.25, -0.2) is 0 Å². The number of rotatable bonds is 5. The van der Waals surface area contributed by atoms with E-state index in [9.17, 15) is 19.5 Å². The maximum absolute atomic E-state index is 14.1. The van der Waals surface area contributed by atoms with Crippen LogP contribution in [0.1, 0.15) is 18.1 Å². The Balaban J connectivity index is 1.71. The van der Waals surface area contributed by atoms with Crippen molar-refractivity contribution in [2.75, 3.05) is 50.8 Å². The average Bonchev–Trinajstić information content (AvgIpc) is 3.26. The average molecular weight is 462 g/mol. The summed E-state index contributed by atoms with van der Waals surface area (Å²) in [5.41, 5.74) is -0.299. The lowest BCUT2D eigenvalue weighted by Crippen LogP contribution is -2.54. The minimum Gasteiger partial charge on any atom is -0.507 e. The number of carbonyl (C=O) groups is 3. The molecule has 0 unspecified atom stereocenters. The van der Waals surface area contributed by atoms with Crippen molar-refractivity contribution in [3.63, 3.8) is 0 Å². The van der Waals surface area contributed by atoms with Crippen molar-refractivity contribution in [2.45, 2.75) is 12.5 Å². The number of para-hydroxylation sites is 1. The Morgan fingerprint density at radius 3 is 2.35 bits per heavy atom. The number of anilines is 1. The van der Waals surface area contributed by atoms with E-state index in [0.29, 0.717) is 56.2 Å². The molecule has 2 saturated heterocycles. The molecule has 0 aliphatic carbocycles. The molecule has 0 saturated carbocycles. The van der Waals surface area contributed by atoms with Crippen LogP contribution < -0.4 is 4.90 Å². The molecular formula is C26H27N3O5. The lowest BCUT2D eigenvalue weighted by atomic mass is 9.82. The van der Waals surface area contributed by atoms with Crippen LogP contribution in [0.2, 0.25) is 0 Å². The lowest BCUT2D eigenvalue weighted by Gasteiger charge is -2.36.